The van der Waals surface area contributed by atoms with Gasteiger partial charge in [-0.1, -0.05) is 35.9 Å². The van der Waals surface area contributed by atoms with E-state index in [0.717, 1.165) is 24.3 Å². The van der Waals surface area contributed by atoms with Crippen LogP contribution in [0, 0.1) is 6.92 Å². The first kappa shape index (κ1) is 20.9. The smallest absolute Gasteiger partial charge is 0.254 e. The first-order chi connectivity index (χ1) is 15.0. The Bertz CT molecular complexity index is 937. The minimum Gasteiger partial charge on any atom is -0.368 e. The number of hydrogen-bond acceptors (Lipinski definition) is 4. The number of nitrogens with zero attached hydrogens (tertiary/aromatic N) is 3. The predicted molar refractivity (Wildman–Crippen MR) is 119 cm³/mol. The van der Waals surface area contributed by atoms with Crippen LogP contribution in [0.15, 0.2) is 54.6 Å². The maximum Gasteiger partial charge on any atom is 0.254 e. The lowest BCUT2D eigenvalue weighted by Gasteiger charge is -2.39. The molecule has 2 saturated heterocycles. The molecule has 162 valence electrons. The molecule has 0 aromatic heterocycles. The molecule has 1 atom stereocenters. The number of piperazine rings is 2. The Morgan fingerprint density at radius 2 is 1.61 bits per heavy atom. The molecule has 2 aromatic carbocycles. The van der Waals surface area contributed by atoms with Crippen molar-refractivity contribution in [2.75, 3.05) is 44.2 Å². The highest BCUT2D eigenvalue weighted by atomic mass is 16.2. The maximum absolute atomic E-state index is 13.0. The first-order valence-corrected chi connectivity index (χ1v) is 10.8. The molecule has 2 aliphatic heterocycles. The molecule has 7 nitrogen and oxygen atoms in total. The third-order valence-corrected chi connectivity index (χ3v) is 6.01. The molecule has 0 spiro atoms. The van der Waals surface area contributed by atoms with E-state index in [1.807, 2.05) is 37.3 Å². The SMILES string of the molecule is Cc1ccc(C(=O)N2CCNC(=O)[C@H]2CC(=O)N2CCN(c3ccccc3)CC2)cc1. The van der Waals surface area contributed by atoms with E-state index < -0.39 is 6.04 Å². The average Bonchev–Trinajstić information content (AvgIpc) is 2.81. The number of anilines is 1. The van der Waals surface area contributed by atoms with Crippen LogP contribution in [-0.2, 0) is 9.59 Å². The van der Waals surface area contributed by atoms with Gasteiger partial charge in [0, 0.05) is 50.5 Å². The summed E-state index contributed by atoms with van der Waals surface area (Å²) >= 11 is 0. The summed E-state index contributed by atoms with van der Waals surface area (Å²) in [7, 11) is 0. The molecule has 2 fully saturated rings. The number of aryl methyl sites for hydroxylation is 1. The number of para-hydroxylation sites is 1. The van der Waals surface area contributed by atoms with Crippen LogP contribution in [0.4, 0.5) is 5.69 Å². The summed E-state index contributed by atoms with van der Waals surface area (Å²) in [5, 5.41) is 2.80. The second kappa shape index (κ2) is 9.20. The summed E-state index contributed by atoms with van der Waals surface area (Å²) in [6.45, 7) is 5.47. The van der Waals surface area contributed by atoms with E-state index in [4.69, 9.17) is 0 Å². The summed E-state index contributed by atoms with van der Waals surface area (Å²) in [5.74, 6) is -0.555. The van der Waals surface area contributed by atoms with Crippen molar-refractivity contribution in [1.29, 1.82) is 0 Å². The van der Waals surface area contributed by atoms with Crippen molar-refractivity contribution in [3.8, 4) is 0 Å². The quantitative estimate of drug-likeness (QED) is 0.817. The number of nitrogens with one attached hydrogen (secondary N) is 1. The fraction of sp³-hybridized carbons (Fsp3) is 0.375. The molecule has 3 amide bonds. The van der Waals surface area contributed by atoms with E-state index >= 15 is 0 Å². The van der Waals surface area contributed by atoms with Gasteiger partial charge in [-0.15, -0.1) is 0 Å². The number of carbonyl (C=O) groups is 3. The van der Waals surface area contributed by atoms with E-state index in [1.54, 1.807) is 21.9 Å². The lowest BCUT2D eigenvalue weighted by atomic mass is 10.0. The van der Waals surface area contributed by atoms with Crippen LogP contribution in [0.3, 0.4) is 0 Å². The number of carbonyl (C=O) groups excluding carboxylic acids is 3. The fourth-order valence-corrected chi connectivity index (χ4v) is 4.17. The van der Waals surface area contributed by atoms with E-state index in [2.05, 4.69) is 22.3 Å². The van der Waals surface area contributed by atoms with Crippen molar-refractivity contribution in [2.24, 2.45) is 0 Å². The van der Waals surface area contributed by atoms with Crippen LogP contribution in [0.1, 0.15) is 22.3 Å². The van der Waals surface area contributed by atoms with Crippen LogP contribution >= 0.6 is 0 Å². The third-order valence-electron chi connectivity index (χ3n) is 6.01. The van der Waals surface area contributed by atoms with Crippen molar-refractivity contribution in [3.63, 3.8) is 0 Å². The standard InChI is InChI=1S/C24H28N4O3/c1-18-7-9-19(10-8-18)24(31)28-12-11-25-23(30)21(28)17-22(29)27-15-13-26(14-16-27)20-5-3-2-4-6-20/h2-10,21H,11-17H2,1H3,(H,25,30)/t21-/m1/s1. The highest BCUT2D eigenvalue weighted by Crippen LogP contribution is 2.19. The molecule has 1 N–H and O–H groups in total. The number of benzene rings is 2. The summed E-state index contributed by atoms with van der Waals surface area (Å²) in [4.78, 5) is 44.2. The molecule has 7 heteroatoms. The van der Waals surface area contributed by atoms with Gasteiger partial charge in [0.15, 0.2) is 0 Å². The van der Waals surface area contributed by atoms with Crippen molar-refractivity contribution < 1.29 is 14.4 Å². The third kappa shape index (κ3) is 4.71. The highest BCUT2D eigenvalue weighted by Gasteiger charge is 2.36. The van der Waals surface area contributed by atoms with Gasteiger partial charge in [-0.05, 0) is 31.2 Å². The minimum absolute atomic E-state index is 0.00870. The van der Waals surface area contributed by atoms with E-state index in [9.17, 15) is 14.4 Å². The number of hydrogen-bond donors (Lipinski definition) is 1. The van der Waals surface area contributed by atoms with E-state index in [1.165, 1.54) is 0 Å². The topological polar surface area (TPSA) is 73.0 Å². The Morgan fingerprint density at radius 3 is 2.29 bits per heavy atom. The van der Waals surface area contributed by atoms with Gasteiger partial charge in [0.1, 0.15) is 6.04 Å². The Balaban J connectivity index is 1.40. The molecule has 0 aliphatic carbocycles. The van der Waals surface area contributed by atoms with Gasteiger partial charge in [-0.3, -0.25) is 14.4 Å². The molecule has 0 radical (unpaired) electrons. The monoisotopic (exact) mass is 420 g/mol. The van der Waals surface area contributed by atoms with Crippen LogP contribution in [0.25, 0.3) is 0 Å². The molecule has 0 saturated carbocycles. The fourth-order valence-electron chi connectivity index (χ4n) is 4.17. The van der Waals surface area contributed by atoms with Gasteiger partial charge in [0.25, 0.3) is 5.91 Å². The van der Waals surface area contributed by atoms with Gasteiger partial charge in [-0.2, -0.15) is 0 Å². The Kier molecular flexibility index (Phi) is 6.21. The van der Waals surface area contributed by atoms with Crippen molar-refractivity contribution in [2.45, 2.75) is 19.4 Å². The molecular weight excluding hydrogens is 392 g/mol. The Labute approximate surface area is 182 Å². The van der Waals surface area contributed by atoms with Crippen molar-refractivity contribution in [3.05, 3.63) is 65.7 Å². The van der Waals surface area contributed by atoms with E-state index in [0.29, 0.717) is 31.7 Å². The molecular formula is C24H28N4O3. The van der Waals surface area contributed by atoms with Gasteiger partial charge >= 0.3 is 0 Å². The zero-order valence-corrected chi connectivity index (χ0v) is 17.8. The molecule has 2 aromatic rings. The van der Waals surface area contributed by atoms with Gasteiger partial charge in [-0.25, -0.2) is 0 Å². The molecule has 0 bridgehead atoms. The van der Waals surface area contributed by atoms with Gasteiger partial charge < -0.3 is 20.0 Å². The van der Waals surface area contributed by atoms with E-state index in [-0.39, 0.29) is 24.1 Å². The second-order valence-electron chi connectivity index (χ2n) is 8.08. The second-order valence-corrected chi connectivity index (χ2v) is 8.08. The van der Waals surface area contributed by atoms with Crippen LogP contribution in [0.2, 0.25) is 0 Å². The largest absolute Gasteiger partial charge is 0.368 e. The lowest BCUT2D eigenvalue weighted by Crippen LogP contribution is -2.59. The average molecular weight is 421 g/mol. The zero-order chi connectivity index (χ0) is 21.8. The molecule has 2 heterocycles. The maximum atomic E-state index is 13.0. The molecule has 2 aliphatic rings. The van der Waals surface area contributed by atoms with Crippen LogP contribution in [0.5, 0.6) is 0 Å². The summed E-state index contributed by atoms with van der Waals surface area (Å²) < 4.78 is 0. The minimum atomic E-state index is -0.776. The molecule has 31 heavy (non-hydrogen) atoms. The van der Waals surface area contributed by atoms with Crippen LogP contribution in [-0.4, -0.2) is 72.8 Å². The van der Waals surface area contributed by atoms with Crippen molar-refractivity contribution >= 4 is 23.4 Å². The zero-order valence-electron chi connectivity index (χ0n) is 17.8. The Morgan fingerprint density at radius 1 is 0.935 bits per heavy atom. The highest BCUT2D eigenvalue weighted by molar-refractivity contribution is 5.99. The lowest BCUT2D eigenvalue weighted by molar-refractivity contribution is -0.138. The van der Waals surface area contributed by atoms with Crippen LogP contribution < -0.4 is 10.2 Å². The molecule has 4 rings (SSSR count). The number of amides is 3. The van der Waals surface area contributed by atoms with Gasteiger partial charge in [0.05, 0.1) is 6.42 Å². The normalized spacial score (nSPS) is 19.2. The van der Waals surface area contributed by atoms with Crippen molar-refractivity contribution in [1.82, 2.24) is 15.1 Å². The summed E-state index contributed by atoms with van der Waals surface area (Å²) in [5.41, 5.74) is 2.75. The Hall–Kier alpha value is -3.35. The summed E-state index contributed by atoms with van der Waals surface area (Å²) in [6.07, 6.45) is 0.00870. The first-order valence-electron chi connectivity index (χ1n) is 10.8. The summed E-state index contributed by atoms with van der Waals surface area (Å²) in [6, 6.07) is 16.7. The van der Waals surface area contributed by atoms with Gasteiger partial charge in [0.2, 0.25) is 11.8 Å². The predicted octanol–water partition coefficient (Wildman–Crippen LogP) is 1.67. The number of rotatable bonds is 4. The molecule has 0 unspecified atom stereocenters.